The van der Waals surface area contributed by atoms with Gasteiger partial charge in [0.05, 0.1) is 17.9 Å². The van der Waals surface area contributed by atoms with E-state index in [2.05, 4.69) is 48.9 Å². The van der Waals surface area contributed by atoms with Gasteiger partial charge in [-0.25, -0.2) is 4.98 Å². The van der Waals surface area contributed by atoms with Crippen LogP contribution >= 0.6 is 11.3 Å². The normalized spacial score (nSPS) is 14.1. The predicted molar refractivity (Wildman–Crippen MR) is 93.9 cm³/mol. The van der Waals surface area contributed by atoms with Crippen LogP contribution in [0.5, 0.6) is 5.75 Å². The molecule has 0 spiro atoms. The third kappa shape index (κ3) is 3.04. The minimum Gasteiger partial charge on any atom is -0.490 e. The second kappa shape index (κ2) is 6.16. The Kier molecular flexibility index (Phi) is 4.25. The largest absolute Gasteiger partial charge is 0.490 e. The van der Waals surface area contributed by atoms with Gasteiger partial charge in [-0.1, -0.05) is 13.8 Å². The van der Waals surface area contributed by atoms with Gasteiger partial charge < -0.3 is 15.4 Å². The van der Waals surface area contributed by atoms with Crippen LogP contribution in [-0.4, -0.2) is 24.7 Å². The number of ether oxygens (including phenoxy) is 1. The van der Waals surface area contributed by atoms with Gasteiger partial charge in [0.2, 0.25) is 0 Å². The van der Waals surface area contributed by atoms with Crippen molar-refractivity contribution in [1.29, 1.82) is 0 Å². The number of nitrogens with zero attached hydrogens (tertiary/aromatic N) is 2. The van der Waals surface area contributed by atoms with Crippen molar-refractivity contribution in [3.05, 3.63) is 23.1 Å². The van der Waals surface area contributed by atoms with Gasteiger partial charge in [0.15, 0.2) is 5.13 Å². The molecule has 0 atom stereocenters. The van der Waals surface area contributed by atoms with E-state index >= 15 is 0 Å². The molecule has 0 amide bonds. The number of hydrogen-bond acceptors (Lipinski definition) is 5. The summed E-state index contributed by atoms with van der Waals surface area (Å²) in [5.74, 6) is 1.68. The number of aryl methyl sites for hydroxylation is 1. The summed E-state index contributed by atoms with van der Waals surface area (Å²) in [7, 11) is 0. The molecule has 1 aromatic heterocycles. The highest BCUT2D eigenvalue weighted by Crippen LogP contribution is 2.37. The Labute approximate surface area is 135 Å². The first kappa shape index (κ1) is 15.2. The van der Waals surface area contributed by atoms with Gasteiger partial charge >= 0.3 is 0 Å². The zero-order chi connectivity index (χ0) is 15.7. The lowest BCUT2D eigenvalue weighted by molar-refractivity contribution is 0.306. The smallest absolute Gasteiger partial charge is 0.180 e. The van der Waals surface area contributed by atoms with E-state index in [9.17, 15) is 0 Å². The number of anilines is 2. The van der Waals surface area contributed by atoms with E-state index < -0.39 is 0 Å². The Morgan fingerprint density at radius 1 is 1.41 bits per heavy atom. The van der Waals surface area contributed by atoms with E-state index in [4.69, 9.17) is 10.5 Å². The van der Waals surface area contributed by atoms with E-state index in [1.807, 2.05) is 0 Å². The van der Waals surface area contributed by atoms with Crippen molar-refractivity contribution in [3.8, 4) is 17.0 Å². The Balaban J connectivity index is 1.93. The molecule has 1 aromatic carbocycles. The minimum atomic E-state index is 0.623. The average molecular weight is 317 g/mol. The lowest BCUT2D eigenvalue weighted by atomic mass is 10.1. The van der Waals surface area contributed by atoms with Gasteiger partial charge in [0.25, 0.3) is 0 Å². The molecule has 5 heteroatoms. The molecule has 0 saturated carbocycles. The second-order valence-corrected chi connectivity index (χ2v) is 7.39. The Morgan fingerprint density at radius 3 is 2.91 bits per heavy atom. The third-order valence-electron chi connectivity index (χ3n) is 3.98. The summed E-state index contributed by atoms with van der Waals surface area (Å²) in [6.45, 7) is 9.36. The quantitative estimate of drug-likeness (QED) is 0.928. The van der Waals surface area contributed by atoms with Crippen molar-refractivity contribution >= 4 is 22.2 Å². The summed E-state index contributed by atoms with van der Waals surface area (Å²) in [4.78, 5) is 8.05. The Morgan fingerprint density at radius 2 is 2.23 bits per heavy atom. The highest BCUT2D eigenvalue weighted by Gasteiger charge is 2.20. The Bertz CT molecular complexity index is 666. The topological polar surface area (TPSA) is 51.4 Å². The summed E-state index contributed by atoms with van der Waals surface area (Å²) >= 11 is 1.54. The molecule has 0 bridgehead atoms. The fraction of sp³-hybridized carbons (Fsp3) is 0.471. The van der Waals surface area contributed by atoms with Crippen molar-refractivity contribution in [3.63, 3.8) is 0 Å². The fourth-order valence-corrected chi connectivity index (χ4v) is 3.46. The molecule has 0 fully saturated rings. The summed E-state index contributed by atoms with van der Waals surface area (Å²) in [5, 5.41) is 0.623. The van der Waals surface area contributed by atoms with Crippen LogP contribution in [0.2, 0.25) is 0 Å². The van der Waals surface area contributed by atoms with Crippen LogP contribution in [0.25, 0.3) is 11.3 Å². The first-order valence-corrected chi connectivity index (χ1v) is 8.61. The lowest BCUT2D eigenvalue weighted by Gasteiger charge is -2.32. The zero-order valence-corrected chi connectivity index (χ0v) is 14.2. The molecule has 1 aliphatic rings. The Hall–Kier alpha value is -1.75. The van der Waals surface area contributed by atoms with Crippen LogP contribution in [0.4, 0.5) is 10.8 Å². The lowest BCUT2D eigenvalue weighted by Crippen LogP contribution is -2.34. The maximum Gasteiger partial charge on any atom is 0.180 e. The monoisotopic (exact) mass is 317 g/mol. The van der Waals surface area contributed by atoms with Crippen molar-refractivity contribution in [2.45, 2.75) is 27.2 Å². The summed E-state index contributed by atoms with van der Waals surface area (Å²) in [6.07, 6.45) is 1.19. The molecule has 4 nitrogen and oxygen atoms in total. The van der Waals surface area contributed by atoms with E-state index in [1.54, 1.807) is 0 Å². The van der Waals surface area contributed by atoms with Crippen molar-refractivity contribution in [2.75, 3.05) is 30.3 Å². The maximum absolute atomic E-state index is 5.84. The van der Waals surface area contributed by atoms with E-state index in [0.29, 0.717) is 11.0 Å². The van der Waals surface area contributed by atoms with E-state index in [0.717, 1.165) is 41.6 Å². The van der Waals surface area contributed by atoms with Crippen molar-refractivity contribution in [1.82, 2.24) is 4.98 Å². The molecule has 118 valence electrons. The molecule has 0 aliphatic carbocycles. The highest BCUT2D eigenvalue weighted by atomic mass is 32.1. The standard InChI is InChI=1S/C17H23N3OS/c1-11(2)6-7-20-8-9-21-15-5-4-13(10-14(15)20)16-12(3)22-17(18)19-16/h4-5,10-11H,6-9H2,1-3H3,(H2,18,19). The molecule has 2 aromatic rings. The third-order valence-corrected chi connectivity index (χ3v) is 4.78. The molecule has 2 N–H and O–H groups in total. The zero-order valence-electron chi connectivity index (χ0n) is 13.4. The van der Waals surface area contributed by atoms with Gasteiger partial charge in [-0.15, -0.1) is 11.3 Å². The molecule has 2 heterocycles. The number of rotatable bonds is 4. The molecule has 1 aliphatic heterocycles. The van der Waals surface area contributed by atoms with Crippen LogP contribution in [-0.2, 0) is 0 Å². The fourth-order valence-electron chi connectivity index (χ4n) is 2.75. The second-order valence-electron chi connectivity index (χ2n) is 6.16. The van der Waals surface area contributed by atoms with Crippen LogP contribution in [0, 0.1) is 12.8 Å². The molecular weight excluding hydrogens is 294 g/mol. The molecule has 0 radical (unpaired) electrons. The average Bonchev–Trinajstić information content (AvgIpc) is 2.83. The summed E-state index contributed by atoms with van der Waals surface area (Å²) < 4.78 is 5.80. The number of nitrogens with two attached hydrogens (primary N) is 1. The van der Waals surface area contributed by atoms with Gasteiger partial charge in [0, 0.05) is 17.0 Å². The predicted octanol–water partition coefficient (Wildman–Crippen LogP) is 3.95. The molecule has 22 heavy (non-hydrogen) atoms. The van der Waals surface area contributed by atoms with E-state index in [1.165, 1.54) is 23.4 Å². The molecule has 0 saturated heterocycles. The van der Waals surface area contributed by atoms with Gasteiger partial charge in [-0.3, -0.25) is 0 Å². The van der Waals surface area contributed by atoms with Gasteiger partial charge in [-0.05, 0) is 37.5 Å². The molecular formula is C17H23N3OS. The number of nitrogen functional groups attached to an aromatic ring is 1. The van der Waals surface area contributed by atoms with Crippen LogP contribution in [0.1, 0.15) is 25.1 Å². The van der Waals surface area contributed by atoms with Crippen LogP contribution in [0.3, 0.4) is 0 Å². The molecule has 0 unspecified atom stereocenters. The first-order valence-electron chi connectivity index (χ1n) is 7.79. The molecule has 3 rings (SSSR count). The number of fused-ring (bicyclic) bond motifs is 1. The number of aromatic nitrogens is 1. The van der Waals surface area contributed by atoms with Crippen LogP contribution < -0.4 is 15.4 Å². The maximum atomic E-state index is 5.84. The number of benzene rings is 1. The van der Waals surface area contributed by atoms with Crippen molar-refractivity contribution in [2.24, 2.45) is 5.92 Å². The minimum absolute atomic E-state index is 0.623. The SMILES string of the molecule is Cc1sc(N)nc1-c1ccc2c(c1)N(CCC(C)C)CCO2. The van der Waals surface area contributed by atoms with Gasteiger partial charge in [0.1, 0.15) is 12.4 Å². The van der Waals surface area contributed by atoms with Gasteiger partial charge in [-0.2, -0.15) is 0 Å². The highest BCUT2D eigenvalue weighted by molar-refractivity contribution is 7.15. The van der Waals surface area contributed by atoms with Crippen molar-refractivity contribution < 1.29 is 4.74 Å². The van der Waals surface area contributed by atoms with Crippen LogP contribution in [0.15, 0.2) is 18.2 Å². The summed E-state index contributed by atoms with van der Waals surface area (Å²) in [5.41, 5.74) is 9.11. The number of thiazole rings is 1. The van der Waals surface area contributed by atoms with E-state index in [-0.39, 0.29) is 0 Å². The summed E-state index contributed by atoms with van der Waals surface area (Å²) in [6, 6.07) is 6.32. The first-order chi connectivity index (χ1) is 10.5. The number of hydrogen-bond donors (Lipinski definition) is 1.